The Morgan fingerprint density at radius 2 is 2.00 bits per heavy atom. The van der Waals surface area contributed by atoms with E-state index in [4.69, 9.17) is 9.15 Å². The number of amides is 1. The highest BCUT2D eigenvalue weighted by atomic mass is 16.5. The Hall–Kier alpha value is -3.94. The lowest BCUT2D eigenvalue weighted by molar-refractivity contribution is 0.0936. The van der Waals surface area contributed by atoms with Crippen molar-refractivity contribution in [2.24, 2.45) is 0 Å². The molecular weight excluding hydrogens is 372 g/mol. The van der Waals surface area contributed by atoms with Gasteiger partial charge >= 0.3 is 5.63 Å². The van der Waals surface area contributed by atoms with Gasteiger partial charge in [-0.3, -0.25) is 4.79 Å². The third-order valence-electron chi connectivity index (χ3n) is 4.61. The Balaban J connectivity index is 1.56. The topological polar surface area (TPSA) is 99.2 Å². The second-order valence-electron chi connectivity index (χ2n) is 6.45. The molecule has 0 aliphatic carbocycles. The van der Waals surface area contributed by atoms with Crippen LogP contribution in [0.15, 0.2) is 70.4 Å². The van der Waals surface area contributed by atoms with Crippen LogP contribution in [-0.2, 0) is 0 Å². The number of benzene rings is 2. The minimum Gasteiger partial charge on any atom is -0.493 e. The van der Waals surface area contributed by atoms with E-state index < -0.39 is 11.5 Å². The van der Waals surface area contributed by atoms with Crippen molar-refractivity contribution in [3.05, 3.63) is 82.7 Å². The molecule has 0 spiro atoms. The molecule has 1 amide bonds. The quantitative estimate of drug-likeness (QED) is 0.526. The van der Waals surface area contributed by atoms with Gasteiger partial charge in [-0.25, -0.2) is 14.5 Å². The van der Waals surface area contributed by atoms with Gasteiger partial charge in [-0.05, 0) is 36.8 Å². The van der Waals surface area contributed by atoms with Crippen LogP contribution in [0.4, 0.5) is 0 Å². The molecule has 0 saturated carbocycles. The van der Waals surface area contributed by atoms with E-state index in [0.717, 1.165) is 11.3 Å². The van der Waals surface area contributed by atoms with Crippen LogP contribution in [0.25, 0.3) is 16.7 Å². The first-order chi connectivity index (χ1) is 14.1. The minimum absolute atomic E-state index is 0.0585. The third kappa shape index (κ3) is 3.60. The van der Waals surface area contributed by atoms with E-state index in [-0.39, 0.29) is 11.6 Å². The summed E-state index contributed by atoms with van der Waals surface area (Å²) in [6.45, 7) is 1.84. The second kappa shape index (κ2) is 7.59. The van der Waals surface area contributed by atoms with Gasteiger partial charge in [-0.15, -0.1) is 0 Å². The molecule has 4 rings (SSSR count). The highest BCUT2D eigenvalue weighted by Gasteiger charge is 2.18. The number of fused-ring (bicyclic) bond motifs is 1. The summed E-state index contributed by atoms with van der Waals surface area (Å²) in [5.41, 5.74) is 1.28. The second-order valence-corrected chi connectivity index (χ2v) is 6.45. The van der Waals surface area contributed by atoms with Gasteiger partial charge in [0, 0.05) is 5.39 Å². The maximum Gasteiger partial charge on any atom is 0.349 e. The zero-order chi connectivity index (χ0) is 20.4. The fourth-order valence-corrected chi connectivity index (χ4v) is 3.05. The summed E-state index contributed by atoms with van der Waals surface area (Å²) in [6, 6.07) is 13.9. The molecule has 2 aromatic heterocycles. The molecule has 0 fully saturated rings. The first-order valence-corrected chi connectivity index (χ1v) is 8.93. The molecule has 2 aromatic carbocycles. The van der Waals surface area contributed by atoms with Gasteiger partial charge in [0.15, 0.2) is 11.3 Å². The van der Waals surface area contributed by atoms with Crippen LogP contribution >= 0.6 is 0 Å². The van der Waals surface area contributed by atoms with E-state index >= 15 is 0 Å². The number of para-hydroxylation sites is 1. The van der Waals surface area contributed by atoms with E-state index in [1.165, 1.54) is 19.5 Å². The van der Waals surface area contributed by atoms with Crippen molar-refractivity contribution in [1.82, 2.24) is 20.1 Å². The Morgan fingerprint density at radius 3 is 2.69 bits per heavy atom. The Morgan fingerprint density at radius 1 is 1.21 bits per heavy atom. The number of carbonyl (C=O) groups excluding carboxylic acids is 1. The van der Waals surface area contributed by atoms with Crippen LogP contribution in [0.3, 0.4) is 0 Å². The van der Waals surface area contributed by atoms with Crippen molar-refractivity contribution >= 4 is 16.9 Å². The number of ether oxygens (including phenoxy) is 1. The van der Waals surface area contributed by atoms with E-state index in [1.807, 2.05) is 31.2 Å². The number of nitrogens with one attached hydrogen (secondary N) is 1. The maximum atomic E-state index is 12.7. The number of rotatable bonds is 5. The van der Waals surface area contributed by atoms with Crippen molar-refractivity contribution in [2.75, 3.05) is 7.11 Å². The molecule has 1 N–H and O–H groups in total. The summed E-state index contributed by atoms with van der Waals surface area (Å²) in [5, 5.41) is 7.52. The van der Waals surface area contributed by atoms with Crippen LogP contribution in [-0.4, -0.2) is 27.8 Å². The lowest BCUT2D eigenvalue weighted by Gasteiger charge is -2.15. The number of hydrogen-bond acceptors (Lipinski definition) is 6. The van der Waals surface area contributed by atoms with Gasteiger partial charge in [-0.2, -0.15) is 5.10 Å². The fourth-order valence-electron chi connectivity index (χ4n) is 3.05. The highest BCUT2D eigenvalue weighted by Crippen LogP contribution is 2.24. The zero-order valence-electron chi connectivity index (χ0n) is 15.8. The van der Waals surface area contributed by atoms with Gasteiger partial charge in [0.25, 0.3) is 5.91 Å². The van der Waals surface area contributed by atoms with Crippen LogP contribution in [0.2, 0.25) is 0 Å². The average Bonchev–Trinajstić information content (AvgIpc) is 3.27. The number of methoxy groups -OCH3 is 1. The van der Waals surface area contributed by atoms with Crippen LogP contribution in [0.1, 0.15) is 28.9 Å². The molecular formula is C21H18N4O4. The van der Waals surface area contributed by atoms with Gasteiger partial charge in [0.2, 0.25) is 0 Å². The predicted octanol–water partition coefficient (Wildman–Crippen LogP) is 2.87. The van der Waals surface area contributed by atoms with Gasteiger partial charge in [0.05, 0.1) is 18.8 Å². The summed E-state index contributed by atoms with van der Waals surface area (Å²) >= 11 is 0. The molecule has 8 nitrogen and oxygen atoms in total. The molecule has 0 radical (unpaired) electrons. The van der Waals surface area contributed by atoms with Crippen LogP contribution < -0.4 is 15.7 Å². The molecule has 0 unspecified atom stereocenters. The minimum atomic E-state index is -0.715. The van der Waals surface area contributed by atoms with E-state index in [2.05, 4.69) is 15.4 Å². The number of carbonyl (C=O) groups is 1. The number of aromatic nitrogens is 3. The molecule has 2 heterocycles. The molecule has 8 heteroatoms. The SMILES string of the molecule is COc1cccc2cc(C(=O)N[C@H](C)c3ccc(-n4cncn4)cc3)c(=O)oc12. The van der Waals surface area contributed by atoms with Gasteiger partial charge in [-0.1, -0.05) is 24.3 Å². The molecule has 0 bridgehead atoms. The highest BCUT2D eigenvalue weighted by molar-refractivity contribution is 5.97. The molecule has 0 aliphatic heterocycles. The molecule has 1 atom stereocenters. The first-order valence-electron chi connectivity index (χ1n) is 8.93. The van der Waals surface area contributed by atoms with Crippen molar-refractivity contribution in [3.63, 3.8) is 0 Å². The summed E-state index contributed by atoms with van der Waals surface area (Å²) in [5.74, 6) is -0.0660. The normalized spacial score (nSPS) is 11.9. The third-order valence-corrected chi connectivity index (χ3v) is 4.61. The van der Waals surface area contributed by atoms with Crippen LogP contribution in [0.5, 0.6) is 5.75 Å². The molecule has 4 aromatic rings. The predicted molar refractivity (Wildman–Crippen MR) is 106 cm³/mol. The van der Waals surface area contributed by atoms with E-state index in [1.54, 1.807) is 29.2 Å². The monoisotopic (exact) mass is 390 g/mol. The molecule has 0 saturated heterocycles. The first kappa shape index (κ1) is 18.4. The summed E-state index contributed by atoms with van der Waals surface area (Å²) in [6.07, 6.45) is 3.07. The number of hydrogen-bond donors (Lipinski definition) is 1. The Labute approximate surface area is 165 Å². The van der Waals surface area contributed by atoms with Gasteiger partial charge < -0.3 is 14.5 Å². The lowest BCUT2D eigenvalue weighted by Crippen LogP contribution is -2.30. The van der Waals surface area contributed by atoms with E-state index in [0.29, 0.717) is 16.7 Å². The molecule has 146 valence electrons. The Kier molecular flexibility index (Phi) is 4.82. The Bertz CT molecular complexity index is 1210. The van der Waals surface area contributed by atoms with Crippen LogP contribution in [0, 0.1) is 0 Å². The summed E-state index contributed by atoms with van der Waals surface area (Å²) < 4.78 is 12.2. The average molecular weight is 390 g/mol. The van der Waals surface area contributed by atoms with Crippen molar-refractivity contribution in [2.45, 2.75) is 13.0 Å². The number of nitrogens with zero attached hydrogens (tertiary/aromatic N) is 3. The van der Waals surface area contributed by atoms with Crippen molar-refractivity contribution < 1.29 is 13.9 Å². The molecule has 0 aliphatic rings. The maximum absolute atomic E-state index is 12.7. The van der Waals surface area contributed by atoms with Gasteiger partial charge in [0.1, 0.15) is 18.2 Å². The largest absolute Gasteiger partial charge is 0.493 e. The smallest absolute Gasteiger partial charge is 0.349 e. The van der Waals surface area contributed by atoms with E-state index in [9.17, 15) is 9.59 Å². The standard InChI is InChI=1S/C21H18N4O4/c1-13(14-6-8-16(9-7-14)25-12-22-11-23-25)24-20(26)17-10-15-4-3-5-18(28-2)19(15)29-21(17)27/h3-13H,1-2H3,(H,24,26)/t13-/m1/s1. The summed E-state index contributed by atoms with van der Waals surface area (Å²) in [4.78, 5) is 28.9. The summed E-state index contributed by atoms with van der Waals surface area (Å²) in [7, 11) is 1.49. The van der Waals surface area contributed by atoms with Crippen molar-refractivity contribution in [3.8, 4) is 11.4 Å². The zero-order valence-corrected chi connectivity index (χ0v) is 15.8. The fraction of sp³-hybridized carbons (Fsp3) is 0.143. The lowest BCUT2D eigenvalue weighted by atomic mass is 10.1. The van der Waals surface area contributed by atoms with Crippen molar-refractivity contribution in [1.29, 1.82) is 0 Å². The molecule has 29 heavy (non-hydrogen) atoms.